The normalized spacial score (nSPS) is 10.2. The molecular weight excluding hydrogens is 140 g/mol. The molecule has 11 heavy (non-hydrogen) atoms. The van der Waals surface area contributed by atoms with Gasteiger partial charge in [-0.25, -0.2) is 0 Å². The lowest BCUT2D eigenvalue weighted by atomic mass is 10.2. The quantitative estimate of drug-likeness (QED) is 0.567. The number of carbonyl (C=O) groups is 1. The maximum Gasteiger partial charge on any atom is 0.178 e. The highest BCUT2D eigenvalue weighted by Crippen LogP contribution is 2.10. The van der Waals surface area contributed by atoms with E-state index in [9.17, 15) is 4.79 Å². The highest BCUT2D eigenvalue weighted by Gasteiger charge is 2.11. The zero-order chi connectivity index (χ0) is 8.59. The van der Waals surface area contributed by atoms with Gasteiger partial charge in [-0.1, -0.05) is 0 Å². The van der Waals surface area contributed by atoms with Crippen LogP contribution in [0.25, 0.3) is 0 Å². The number of nitrogens with zero attached hydrogens (tertiary/aromatic N) is 2. The van der Waals surface area contributed by atoms with Crippen LogP contribution in [0.1, 0.15) is 28.7 Å². The molecule has 0 aliphatic rings. The standard InChI is InChI=1S/C8H12N2O/c1-5-6(2)9-10(4)8(5)7(3)11/h1-4H3. The Labute approximate surface area is 66.0 Å². The fourth-order valence-electron chi connectivity index (χ4n) is 1.26. The van der Waals surface area contributed by atoms with Crippen molar-refractivity contribution in [3.8, 4) is 0 Å². The molecule has 0 aliphatic heterocycles. The molecule has 0 aromatic carbocycles. The molecule has 0 atom stereocenters. The summed E-state index contributed by atoms with van der Waals surface area (Å²) in [7, 11) is 1.79. The first-order valence-corrected chi connectivity index (χ1v) is 3.55. The van der Waals surface area contributed by atoms with Gasteiger partial charge in [0.2, 0.25) is 0 Å². The molecule has 0 amide bonds. The smallest absolute Gasteiger partial charge is 0.178 e. The predicted octanol–water partition coefficient (Wildman–Crippen LogP) is 1.24. The molecule has 0 spiro atoms. The van der Waals surface area contributed by atoms with Crippen LogP contribution < -0.4 is 0 Å². The van der Waals surface area contributed by atoms with Crippen molar-refractivity contribution in [3.63, 3.8) is 0 Å². The molecule has 3 nitrogen and oxygen atoms in total. The third-order valence-electron chi connectivity index (χ3n) is 1.85. The van der Waals surface area contributed by atoms with E-state index in [4.69, 9.17) is 0 Å². The Hall–Kier alpha value is -1.12. The van der Waals surface area contributed by atoms with Gasteiger partial charge in [-0.3, -0.25) is 9.48 Å². The van der Waals surface area contributed by atoms with Crippen molar-refractivity contribution >= 4 is 5.78 Å². The van der Waals surface area contributed by atoms with E-state index < -0.39 is 0 Å². The summed E-state index contributed by atoms with van der Waals surface area (Å²) in [5.74, 6) is 0.0746. The molecule has 0 bridgehead atoms. The Balaban J connectivity index is 3.34. The zero-order valence-corrected chi connectivity index (χ0v) is 7.30. The minimum atomic E-state index is 0.0746. The van der Waals surface area contributed by atoms with Gasteiger partial charge in [0.05, 0.1) is 5.69 Å². The molecule has 0 N–H and O–H groups in total. The van der Waals surface area contributed by atoms with Crippen molar-refractivity contribution in [2.75, 3.05) is 0 Å². The summed E-state index contributed by atoms with van der Waals surface area (Å²) < 4.78 is 1.63. The average Bonchev–Trinajstić information content (AvgIpc) is 2.07. The van der Waals surface area contributed by atoms with E-state index in [1.165, 1.54) is 0 Å². The van der Waals surface area contributed by atoms with E-state index in [1.54, 1.807) is 18.7 Å². The maximum atomic E-state index is 11.0. The van der Waals surface area contributed by atoms with Crippen LogP contribution in [0.5, 0.6) is 0 Å². The molecule has 0 fully saturated rings. The second-order valence-electron chi connectivity index (χ2n) is 2.74. The van der Waals surface area contributed by atoms with Gasteiger partial charge in [-0.15, -0.1) is 0 Å². The first kappa shape index (κ1) is 7.98. The van der Waals surface area contributed by atoms with E-state index in [1.807, 2.05) is 13.8 Å². The van der Waals surface area contributed by atoms with Crippen LogP contribution in [0, 0.1) is 13.8 Å². The molecule has 0 radical (unpaired) electrons. The highest BCUT2D eigenvalue weighted by molar-refractivity contribution is 5.93. The Bertz CT molecular complexity index is 299. The topological polar surface area (TPSA) is 34.9 Å². The largest absolute Gasteiger partial charge is 0.293 e. The second kappa shape index (κ2) is 2.49. The monoisotopic (exact) mass is 152 g/mol. The van der Waals surface area contributed by atoms with Crippen LogP contribution in [0.3, 0.4) is 0 Å². The number of rotatable bonds is 1. The number of Topliss-reactive ketones (excluding diaryl/α,β-unsaturated/α-hetero) is 1. The van der Waals surface area contributed by atoms with Crippen LogP contribution in [0.15, 0.2) is 0 Å². The number of carbonyl (C=O) groups excluding carboxylic acids is 1. The van der Waals surface area contributed by atoms with Gasteiger partial charge in [-0.05, 0) is 13.8 Å². The molecule has 0 saturated heterocycles. The van der Waals surface area contributed by atoms with Gasteiger partial charge >= 0.3 is 0 Å². The molecule has 0 unspecified atom stereocenters. The van der Waals surface area contributed by atoms with Gasteiger partial charge in [0.1, 0.15) is 5.69 Å². The third-order valence-corrected chi connectivity index (χ3v) is 1.85. The van der Waals surface area contributed by atoms with E-state index in [0.29, 0.717) is 5.69 Å². The van der Waals surface area contributed by atoms with Crippen LogP contribution in [0.2, 0.25) is 0 Å². The molecule has 0 aliphatic carbocycles. The number of hydrogen-bond acceptors (Lipinski definition) is 2. The summed E-state index contributed by atoms with van der Waals surface area (Å²) in [5, 5.41) is 4.13. The summed E-state index contributed by atoms with van der Waals surface area (Å²) in [4.78, 5) is 11.0. The molecule has 0 saturated carbocycles. The van der Waals surface area contributed by atoms with E-state index in [0.717, 1.165) is 11.3 Å². The molecule has 60 valence electrons. The van der Waals surface area contributed by atoms with Crippen molar-refractivity contribution in [1.82, 2.24) is 9.78 Å². The average molecular weight is 152 g/mol. The van der Waals surface area contributed by atoms with E-state index in [-0.39, 0.29) is 5.78 Å². The summed E-state index contributed by atoms with van der Waals surface area (Å²) in [6.45, 7) is 5.38. The predicted molar refractivity (Wildman–Crippen MR) is 42.7 cm³/mol. The first-order chi connectivity index (χ1) is 5.04. The van der Waals surface area contributed by atoms with Gasteiger partial charge < -0.3 is 0 Å². The molecular formula is C8H12N2O. The lowest BCUT2D eigenvalue weighted by Crippen LogP contribution is -2.03. The second-order valence-corrected chi connectivity index (χ2v) is 2.74. The Kier molecular flexibility index (Phi) is 1.81. The van der Waals surface area contributed by atoms with Gasteiger partial charge in [0, 0.05) is 19.5 Å². The molecule has 3 heteroatoms. The number of aromatic nitrogens is 2. The van der Waals surface area contributed by atoms with Crippen molar-refractivity contribution in [2.45, 2.75) is 20.8 Å². The van der Waals surface area contributed by atoms with Crippen LogP contribution in [-0.2, 0) is 7.05 Å². The highest BCUT2D eigenvalue weighted by atomic mass is 16.1. The lowest BCUT2D eigenvalue weighted by molar-refractivity contribution is 0.100. The van der Waals surface area contributed by atoms with E-state index in [2.05, 4.69) is 5.10 Å². The maximum absolute atomic E-state index is 11.0. The minimum absolute atomic E-state index is 0.0746. The van der Waals surface area contributed by atoms with Crippen LogP contribution >= 0.6 is 0 Å². The summed E-state index contributed by atoms with van der Waals surface area (Å²) in [6.07, 6.45) is 0. The molecule has 1 aromatic heterocycles. The van der Waals surface area contributed by atoms with Crippen molar-refractivity contribution in [3.05, 3.63) is 17.0 Å². The van der Waals surface area contributed by atoms with Crippen molar-refractivity contribution < 1.29 is 4.79 Å². The molecule has 1 rings (SSSR count). The SMILES string of the molecule is CC(=O)c1c(C)c(C)nn1C. The number of ketones is 1. The fourth-order valence-corrected chi connectivity index (χ4v) is 1.26. The summed E-state index contributed by atoms with van der Waals surface area (Å²) >= 11 is 0. The first-order valence-electron chi connectivity index (χ1n) is 3.55. The Morgan fingerprint density at radius 2 is 2.00 bits per heavy atom. The minimum Gasteiger partial charge on any atom is -0.293 e. The Morgan fingerprint density at radius 3 is 2.18 bits per heavy atom. The van der Waals surface area contributed by atoms with Crippen molar-refractivity contribution in [1.29, 1.82) is 0 Å². The zero-order valence-electron chi connectivity index (χ0n) is 7.30. The lowest BCUT2D eigenvalue weighted by Gasteiger charge is -1.95. The summed E-state index contributed by atoms with van der Waals surface area (Å²) in [5.41, 5.74) is 2.63. The molecule has 1 aromatic rings. The van der Waals surface area contributed by atoms with Gasteiger partial charge in [0.25, 0.3) is 0 Å². The van der Waals surface area contributed by atoms with Crippen LogP contribution in [0.4, 0.5) is 0 Å². The number of aryl methyl sites for hydroxylation is 2. The Morgan fingerprint density at radius 1 is 1.45 bits per heavy atom. The van der Waals surface area contributed by atoms with Crippen LogP contribution in [-0.4, -0.2) is 15.6 Å². The van der Waals surface area contributed by atoms with Gasteiger partial charge in [0.15, 0.2) is 5.78 Å². The van der Waals surface area contributed by atoms with Gasteiger partial charge in [-0.2, -0.15) is 5.10 Å². The number of hydrogen-bond donors (Lipinski definition) is 0. The summed E-state index contributed by atoms with van der Waals surface area (Å²) in [6, 6.07) is 0. The third kappa shape index (κ3) is 1.18. The fraction of sp³-hybridized carbons (Fsp3) is 0.500. The molecule has 1 heterocycles. The van der Waals surface area contributed by atoms with Crippen molar-refractivity contribution in [2.24, 2.45) is 7.05 Å². The van der Waals surface area contributed by atoms with E-state index >= 15 is 0 Å².